The molecule has 14 heavy (non-hydrogen) atoms. The monoisotopic (exact) mass is 217 g/mol. The molecule has 0 aliphatic rings. The van der Waals surface area contributed by atoms with Crippen LogP contribution in [0.2, 0.25) is 0 Å². The predicted molar refractivity (Wildman–Crippen MR) is 56.1 cm³/mol. The van der Waals surface area contributed by atoms with Gasteiger partial charge in [0.25, 0.3) is 5.56 Å². The van der Waals surface area contributed by atoms with Gasteiger partial charge in [0, 0.05) is 32.6 Å². The Morgan fingerprint density at radius 1 is 1.36 bits per heavy atom. The molecule has 0 unspecified atom stereocenters. The highest BCUT2D eigenvalue weighted by atomic mass is 35.5. The third-order valence-corrected chi connectivity index (χ3v) is 2.12. The smallest absolute Gasteiger partial charge is 0.332 e. The standard InChI is InChI=1S/C8H12ClN3O2/c1-11-6(10-4-3-9)5-7(13)12(2)8(11)14/h5,10H,3-4H2,1-2H3. The molecule has 0 atom stereocenters. The lowest BCUT2D eigenvalue weighted by atomic mass is 10.5. The Kier molecular flexibility index (Phi) is 3.35. The number of anilines is 1. The maximum atomic E-state index is 11.4. The molecule has 0 spiro atoms. The van der Waals surface area contributed by atoms with Gasteiger partial charge in [0.2, 0.25) is 0 Å². The molecule has 0 bridgehead atoms. The van der Waals surface area contributed by atoms with Crippen LogP contribution in [0.5, 0.6) is 0 Å². The summed E-state index contributed by atoms with van der Waals surface area (Å²) in [6, 6.07) is 1.37. The zero-order chi connectivity index (χ0) is 10.7. The summed E-state index contributed by atoms with van der Waals surface area (Å²) in [6.45, 7) is 0.516. The summed E-state index contributed by atoms with van der Waals surface area (Å²) in [5, 5.41) is 2.89. The fourth-order valence-corrected chi connectivity index (χ4v) is 1.17. The van der Waals surface area contributed by atoms with E-state index >= 15 is 0 Å². The van der Waals surface area contributed by atoms with Crippen LogP contribution in [0.25, 0.3) is 0 Å². The Labute approximate surface area is 85.9 Å². The van der Waals surface area contributed by atoms with Gasteiger partial charge in [0.15, 0.2) is 0 Å². The van der Waals surface area contributed by atoms with Gasteiger partial charge < -0.3 is 5.32 Å². The lowest BCUT2D eigenvalue weighted by Gasteiger charge is -2.09. The van der Waals surface area contributed by atoms with Gasteiger partial charge in [0.05, 0.1) is 0 Å². The SMILES string of the molecule is Cn1c(NCCCl)cc(=O)n(C)c1=O. The zero-order valence-electron chi connectivity index (χ0n) is 8.08. The lowest BCUT2D eigenvalue weighted by Crippen LogP contribution is -2.37. The van der Waals surface area contributed by atoms with Crippen LogP contribution in [0.1, 0.15) is 0 Å². The van der Waals surface area contributed by atoms with E-state index in [0.29, 0.717) is 18.2 Å². The van der Waals surface area contributed by atoms with E-state index in [1.807, 2.05) is 0 Å². The Morgan fingerprint density at radius 2 is 2.00 bits per heavy atom. The Morgan fingerprint density at radius 3 is 2.57 bits per heavy atom. The van der Waals surface area contributed by atoms with Crippen molar-refractivity contribution in [1.29, 1.82) is 0 Å². The molecule has 1 aromatic heterocycles. The molecule has 0 saturated carbocycles. The third-order valence-electron chi connectivity index (χ3n) is 1.93. The average molecular weight is 218 g/mol. The van der Waals surface area contributed by atoms with Crippen molar-refractivity contribution < 1.29 is 0 Å². The topological polar surface area (TPSA) is 56.0 Å². The van der Waals surface area contributed by atoms with E-state index in [4.69, 9.17) is 11.6 Å². The summed E-state index contributed by atoms with van der Waals surface area (Å²) in [5.41, 5.74) is -0.681. The Hall–Kier alpha value is -1.23. The minimum Gasteiger partial charge on any atom is -0.370 e. The van der Waals surface area contributed by atoms with Crippen molar-refractivity contribution >= 4 is 17.4 Å². The minimum atomic E-state index is -0.352. The second-order valence-electron chi connectivity index (χ2n) is 2.88. The van der Waals surface area contributed by atoms with E-state index in [1.165, 1.54) is 17.7 Å². The molecule has 0 amide bonds. The minimum absolute atomic E-state index is 0.329. The van der Waals surface area contributed by atoms with Crippen LogP contribution in [0.15, 0.2) is 15.7 Å². The van der Waals surface area contributed by atoms with Crippen LogP contribution in [-0.2, 0) is 14.1 Å². The third kappa shape index (κ3) is 1.98. The Bertz CT molecular complexity index is 435. The van der Waals surface area contributed by atoms with Crippen molar-refractivity contribution in [3.63, 3.8) is 0 Å². The van der Waals surface area contributed by atoms with E-state index < -0.39 is 0 Å². The number of nitrogens with one attached hydrogen (secondary N) is 1. The molecule has 1 heterocycles. The van der Waals surface area contributed by atoms with Crippen molar-refractivity contribution in [3.05, 3.63) is 26.9 Å². The van der Waals surface area contributed by atoms with Gasteiger partial charge in [-0.2, -0.15) is 0 Å². The fraction of sp³-hybridized carbons (Fsp3) is 0.500. The van der Waals surface area contributed by atoms with Gasteiger partial charge in [-0.15, -0.1) is 11.6 Å². The number of hydrogen-bond donors (Lipinski definition) is 1. The van der Waals surface area contributed by atoms with E-state index in [1.54, 1.807) is 7.05 Å². The number of alkyl halides is 1. The lowest BCUT2D eigenvalue weighted by molar-refractivity contribution is 0.690. The molecular weight excluding hydrogens is 206 g/mol. The molecule has 5 nitrogen and oxygen atoms in total. The molecule has 6 heteroatoms. The summed E-state index contributed by atoms with van der Waals surface area (Å²) in [7, 11) is 3.04. The van der Waals surface area contributed by atoms with Gasteiger partial charge in [-0.25, -0.2) is 4.79 Å². The number of halogens is 1. The first-order valence-electron chi connectivity index (χ1n) is 4.15. The molecule has 1 N–H and O–H groups in total. The van der Waals surface area contributed by atoms with E-state index in [0.717, 1.165) is 4.57 Å². The van der Waals surface area contributed by atoms with E-state index in [-0.39, 0.29) is 11.2 Å². The molecule has 0 aliphatic carbocycles. The highest BCUT2D eigenvalue weighted by molar-refractivity contribution is 6.18. The summed E-state index contributed by atoms with van der Waals surface area (Å²) >= 11 is 5.48. The van der Waals surface area contributed by atoms with Crippen LogP contribution in [0, 0.1) is 0 Å². The van der Waals surface area contributed by atoms with Gasteiger partial charge in [-0.1, -0.05) is 0 Å². The summed E-state index contributed by atoms with van der Waals surface area (Å²) < 4.78 is 2.42. The van der Waals surface area contributed by atoms with Crippen molar-refractivity contribution in [2.45, 2.75) is 0 Å². The molecule has 1 rings (SSSR count). The van der Waals surface area contributed by atoms with Crippen LogP contribution >= 0.6 is 11.6 Å². The molecule has 0 aliphatic heterocycles. The van der Waals surface area contributed by atoms with Crippen molar-refractivity contribution in [3.8, 4) is 0 Å². The summed E-state index contributed by atoms with van der Waals surface area (Å²) in [6.07, 6.45) is 0. The maximum Gasteiger partial charge on any atom is 0.332 e. The zero-order valence-corrected chi connectivity index (χ0v) is 8.84. The molecule has 0 aromatic carbocycles. The molecule has 0 saturated heterocycles. The number of rotatable bonds is 3. The predicted octanol–water partition coefficient (Wildman–Crippen LogP) is -0.265. The van der Waals surface area contributed by atoms with Gasteiger partial charge >= 0.3 is 5.69 Å². The van der Waals surface area contributed by atoms with Crippen molar-refractivity contribution in [2.24, 2.45) is 14.1 Å². The van der Waals surface area contributed by atoms with Gasteiger partial charge in [0.1, 0.15) is 5.82 Å². The first-order valence-corrected chi connectivity index (χ1v) is 4.68. The first-order chi connectivity index (χ1) is 6.57. The highest BCUT2D eigenvalue weighted by Gasteiger charge is 2.03. The quantitative estimate of drug-likeness (QED) is 0.710. The van der Waals surface area contributed by atoms with Gasteiger partial charge in [-0.05, 0) is 0 Å². The van der Waals surface area contributed by atoms with Crippen LogP contribution in [-0.4, -0.2) is 21.6 Å². The van der Waals surface area contributed by atoms with Crippen LogP contribution in [0.4, 0.5) is 5.82 Å². The molecule has 1 aromatic rings. The highest BCUT2D eigenvalue weighted by Crippen LogP contribution is 1.97. The maximum absolute atomic E-state index is 11.4. The van der Waals surface area contributed by atoms with Crippen LogP contribution < -0.4 is 16.6 Å². The second-order valence-corrected chi connectivity index (χ2v) is 3.26. The normalized spacial score (nSPS) is 10.2. The fourth-order valence-electron chi connectivity index (χ4n) is 1.08. The molecule has 0 radical (unpaired) electrons. The van der Waals surface area contributed by atoms with Crippen LogP contribution in [0.3, 0.4) is 0 Å². The number of aromatic nitrogens is 2. The number of nitrogens with zero attached hydrogens (tertiary/aromatic N) is 2. The van der Waals surface area contributed by atoms with Crippen molar-refractivity contribution in [1.82, 2.24) is 9.13 Å². The average Bonchev–Trinajstić information content (AvgIpc) is 2.18. The van der Waals surface area contributed by atoms with E-state index in [2.05, 4.69) is 5.32 Å². The van der Waals surface area contributed by atoms with Gasteiger partial charge in [-0.3, -0.25) is 13.9 Å². The Balaban J connectivity index is 3.20. The summed E-state index contributed by atoms with van der Waals surface area (Å²) in [4.78, 5) is 22.7. The second kappa shape index (κ2) is 4.32. The molecule has 0 fully saturated rings. The number of hydrogen-bond acceptors (Lipinski definition) is 3. The summed E-state index contributed by atoms with van der Waals surface area (Å²) in [5.74, 6) is 0.905. The largest absolute Gasteiger partial charge is 0.370 e. The first kappa shape index (κ1) is 10.8. The van der Waals surface area contributed by atoms with E-state index in [9.17, 15) is 9.59 Å². The van der Waals surface area contributed by atoms with Crippen molar-refractivity contribution in [2.75, 3.05) is 17.7 Å². The molecule has 78 valence electrons. The molecular formula is C8H12ClN3O2.